The molecule has 0 aromatic carbocycles. The molecule has 1 aliphatic rings. The molecule has 3 heteroatoms. The fourth-order valence-electron chi connectivity index (χ4n) is 1.75. The van der Waals surface area contributed by atoms with Crippen molar-refractivity contribution in [1.82, 2.24) is 4.90 Å². The summed E-state index contributed by atoms with van der Waals surface area (Å²) >= 11 is 0. The van der Waals surface area contributed by atoms with Gasteiger partial charge in [-0.25, -0.2) is 4.99 Å². The van der Waals surface area contributed by atoms with Crippen LogP contribution in [0.25, 0.3) is 0 Å². The molecular formula is C13H22N2O. The average Bonchev–Trinajstić information content (AvgIpc) is 2.35. The van der Waals surface area contributed by atoms with Crippen LogP contribution in [0.1, 0.15) is 26.2 Å². The summed E-state index contributed by atoms with van der Waals surface area (Å²) in [5, 5.41) is 0. The highest BCUT2D eigenvalue weighted by Crippen LogP contribution is 2.14. The molecule has 0 amide bonds. The van der Waals surface area contributed by atoms with Gasteiger partial charge in [0.05, 0.1) is 6.61 Å². The number of ether oxygens (including phenoxy) is 1. The molecular weight excluding hydrogens is 200 g/mol. The Morgan fingerprint density at radius 2 is 2.06 bits per heavy atom. The fourth-order valence-corrected chi connectivity index (χ4v) is 1.75. The van der Waals surface area contributed by atoms with E-state index in [1.54, 1.807) is 7.11 Å². The third-order valence-corrected chi connectivity index (χ3v) is 2.78. The van der Waals surface area contributed by atoms with Crippen molar-refractivity contribution in [2.75, 3.05) is 26.8 Å². The summed E-state index contributed by atoms with van der Waals surface area (Å²) in [5.41, 5.74) is 1.08. The zero-order valence-electron chi connectivity index (χ0n) is 10.4. The number of rotatable bonds is 5. The molecule has 0 bridgehead atoms. The Morgan fingerprint density at radius 3 is 2.62 bits per heavy atom. The van der Waals surface area contributed by atoms with E-state index in [2.05, 4.69) is 16.5 Å². The van der Waals surface area contributed by atoms with Gasteiger partial charge in [0.25, 0.3) is 0 Å². The van der Waals surface area contributed by atoms with Crippen LogP contribution in [0.15, 0.2) is 29.0 Å². The molecule has 1 heterocycles. The topological polar surface area (TPSA) is 24.8 Å². The molecule has 1 rings (SSSR count). The van der Waals surface area contributed by atoms with E-state index in [4.69, 9.17) is 4.74 Å². The largest absolute Gasteiger partial charge is 0.380 e. The van der Waals surface area contributed by atoms with Gasteiger partial charge in [0.1, 0.15) is 5.82 Å². The second-order valence-corrected chi connectivity index (χ2v) is 4.02. The first kappa shape index (κ1) is 13.0. The number of hydrogen-bond donors (Lipinski definition) is 0. The minimum atomic E-state index is 0.604. The van der Waals surface area contributed by atoms with Crippen molar-refractivity contribution in [1.29, 1.82) is 0 Å². The molecule has 1 fully saturated rings. The van der Waals surface area contributed by atoms with E-state index in [9.17, 15) is 0 Å². The molecule has 0 aromatic heterocycles. The van der Waals surface area contributed by atoms with Gasteiger partial charge in [-0.15, -0.1) is 0 Å². The summed E-state index contributed by atoms with van der Waals surface area (Å²) in [4.78, 5) is 6.65. The first-order valence-corrected chi connectivity index (χ1v) is 5.90. The molecule has 1 aliphatic heterocycles. The third kappa shape index (κ3) is 4.19. The second kappa shape index (κ2) is 7.23. The smallest absolute Gasteiger partial charge is 0.121 e. The maximum absolute atomic E-state index is 5.07. The predicted molar refractivity (Wildman–Crippen MR) is 68.7 cm³/mol. The summed E-state index contributed by atoms with van der Waals surface area (Å²) in [5.74, 6) is 0.871. The zero-order valence-corrected chi connectivity index (χ0v) is 10.4. The first-order chi connectivity index (χ1) is 7.77. The van der Waals surface area contributed by atoms with Gasteiger partial charge in [-0.05, 0) is 31.8 Å². The average molecular weight is 222 g/mol. The number of piperidine rings is 1. The molecule has 0 atom stereocenters. The second-order valence-electron chi connectivity index (χ2n) is 4.02. The normalized spacial score (nSPS) is 18.1. The number of methoxy groups -OCH3 is 1. The Balaban J connectivity index is 2.45. The van der Waals surface area contributed by atoms with E-state index in [-0.39, 0.29) is 0 Å². The highest BCUT2D eigenvalue weighted by atomic mass is 16.5. The Hall–Kier alpha value is -1.09. The summed E-state index contributed by atoms with van der Waals surface area (Å²) in [6.45, 7) is 8.78. The van der Waals surface area contributed by atoms with Gasteiger partial charge in [-0.3, -0.25) is 0 Å². The maximum atomic E-state index is 5.07. The Bertz CT molecular complexity index is 276. The molecule has 0 unspecified atom stereocenters. The lowest BCUT2D eigenvalue weighted by Gasteiger charge is -2.27. The minimum absolute atomic E-state index is 0.604. The van der Waals surface area contributed by atoms with Crippen molar-refractivity contribution in [3.63, 3.8) is 0 Å². The number of nitrogens with zero attached hydrogens (tertiary/aromatic N) is 2. The van der Waals surface area contributed by atoms with Gasteiger partial charge in [0.15, 0.2) is 0 Å². The van der Waals surface area contributed by atoms with Crippen molar-refractivity contribution in [2.24, 2.45) is 4.99 Å². The highest BCUT2D eigenvalue weighted by molar-refractivity contribution is 5.79. The molecule has 0 saturated carbocycles. The van der Waals surface area contributed by atoms with Gasteiger partial charge in [0.2, 0.25) is 0 Å². The maximum Gasteiger partial charge on any atom is 0.121 e. The molecule has 16 heavy (non-hydrogen) atoms. The SMILES string of the molecule is C=C(/N=C\C(=C/C)COC)N1CCCCC1. The van der Waals surface area contributed by atoms with Gasteiger partial charge < -0.3 is 9.64 Å². The van der Waals surface area contributed by atoms with Crippen LogP contribution in [-0.4, -0.2) is 37.9 Å². The third-order valence-electron chi connectivity index (χ3n) is 2.78. The molecule has 3 nitrogen and oxygen atoms in total. The van der Waals surface area contributed by atoms with Crippen molar-refractivity contribution < 1.29 is 4.74 Å². The van der Waals surface area contributed by atoms with Gasteiger partial charge in [0, 0.05) is 26.4 Å². The minimum Gasteiger partial charge on any atom is -0.380 e. The predicted octanol–water partition coefficient (Wildman–Crippen LogP) is 2.61. The van der Waals surface area contributed by atoms with Crippen LogP contribution in [0, 0.1) is 0 Å². The lowest BCUT2D eigenvalue weighted by atomic mass is 10.1. The molecule has 1 saturated heterocycles. The van der Waals surface area contributed by atoms with Crippen LogP contribution in [0.3, 0.4) is 0 Å². The van der Waals surface area contributed by atoms with Gasteiger partial charge in [-0.2, -0.15) is 0 Å². The van der Waals surface area contributed by atoms with Crippen LogP contribution >= 0.6 is 0 Å². The first-order valence-electron chi connectivity index (χ1n) is 5.90. The van der Waals surface area contributed by atoms with Crippen LogP contribution in [0.2, 0.25) is 0 Å². The van der Waals surface area contributed by atoms with Crippen LogP contribution in [-0.2, 0) is 4.74 Å². The lowest BCUT2D eigenvalue weighted by molar-refractivity contribution is 0.230. The Kier molecular flexibility index (Phi) is 5.86. The molecule has 90 valence electrons. The van der Waals surface area contributed by atoms with Crippen LogP contribution < -0.4 is 0 Å². The Morgan fingerprint density at radius 1 is 1.38 bits per heavy atom. The molecule has 0 spiro atoms. The summed E-state index contributed by atoms with van der Waals surface area (Å²) in [6, 6.07) is 0. The standard InChI is InChI=1S/C13H22N2O/c1-4-13(11-16-3)10-14-12(2)15-8-6-5-7-9-15/h4,10H,2,5-9,11H2,1,3H3/b13-4+,14-10-. The van der Waals surface area contributed by atoms with E-state index in [0.29, 0.717) is 6.61 Å². The van der Waals surface area contributed by atoms with E-state index in [1.807, 2.05) is 19.2 Å². The number of allylic oxidation sites excluding steroid dienone is 1. The zero-order chi connectivity index (χ0) is 11.8. The number of aliphatic imine (C=N–C) groups is 1. The van der Waals surface area contributed by atoms with Gasteiger partial charge >= 0.3 is 0 Å². The summed E-state index contributed by atoms with van der Waals surface area (Å²) in [6.07, 6.45) is 7.69. The van der Waals surface area contributed by atoms with Crippen molar-refractivity contribution in [3.8, 4) is 0 Å². The van der Waals surface area contributed by atoms with Crippen molar-refractivity contribution in [2.45, 2.75) is 26.2 Å². The Labute approximate surface area is 98.5 Å². The number of likely N-dealkylation sites (tertiary alicyclic amines) is 1. The van der Waals surface area contributed by atoms with Gasteiger partial charge in [-0.1, -0.05) is 12.7 Å². The number of hydrogen-bond acceptors (Lipinski definition) is 3. The lowest BCUT2D eigenvalue weighted by Crippen LogP contribution is -2.27. The fraction of sp³-hybridized carbons (Fsp3) is 0.615. The van der Waals surface area contributed by atoms with E-state index in [1.165, 1.54) is 19.3 Å². The highest BCUT2D eigenvalue weighted by Gasteiger charge is 2.10. The molecule has 0 aromatic rings. The monoisotopic (exact) mass is 222 g/mol. The quantitative estimate of drug-likeness (QED) is 0.668. The summed E-state index contributed by atoms with van der Waals surface area (Å²) in [7, 11) is 1.69. The van der Waals surface area contributed by atoms with Crippen LogP contribution in [0.4, 0.5) is 0 Å². The van der Waals surface area contributed by atoms with Crippen molar-refractivity contribution >= 4 is 6.21 Å². The van der Waals surface area contributed by atoms with Crippen molar-refractivity contribution in [3.05, 3.63) is 24.0 Å². The molecule has 0 radical (unpaired) electrons. The van der Waals surface area contributed by atoms with E-state index < -0.39 is 0 Å². The molecule has 0 aliphatic carbocycles. The van der Waals surface area contributed by atoms with E-state index in [0.717, 1.165) is 24.5 Å². The summed E-state index contributed by atoms with van der Waals surface area (Å²) < 4.78 is 5.07. The van der Waals surface area contributed by atoms with Crippen LogP contribution in [0.5, 0.6) is 0 Å². The molecule has 0 N–H and O–H groups in total. The van der Waals surface area contributed by atoms with E-state index >= 15 is 0 Å².